The molecular weight excluding hydrogens is 480 g/mol. The molecule has 192 valence electrons. The third kappa shape index (κ3) is 8.67. The van der Waals surface area contributed by atoms with Crippen molar-refractivity contribution in [2.75, 3.05) is 0 Å². The highest BCUT2D eigenvalue weighted by Crippen LogP contribution is 2.28. The number of aryl methyl sites for hydroxylation is 2. The number of phenols is 6. The Balaban J connectivity index is 0.000000270. The van der Waals surface area contributed by atoms with E-state index < -0.39 is 40.7 Å². The van der Waals surface area contributed by atoms with Gasteiger partial charge in [0.25, 0.3) is 0 Å². The van der Waals surface area contributed by atoms with Crippen LogP contribution in [0.25, 0.3) is 0 Å². The number of hydrogen-bond donors (Lipinski definition) is 9. The van der Waals surface area contributed by atoms with Crippen LogP contribution in [0.5, 0.6) is 34.5 Å². The van der Waals surface area contributed by atoms with Crippen molar-refractivity contribution in [1.82, 2.24) is 0 Å². The van der Waals surface area contributed by atoms with Crippen molar-refractivity contribution in [1.29, 1.82) is 0 Å². The van der Waals surface area contributed by atoms with Crippen LogP contribution in [0.2, 0.25) is 0 Å². The van der Waals surface area contributed by atoms with Crippen molar-refractivity contribution in [2.24, 2.45) is 0 Å². The molecule has 36 heavy (non-hydrogen) atoms. The SMILES string of the molecule is Cc1cc(O)c(C(=O)O)c(O)c1.Cc1cc(O)cc(O)c1C(=O)O.O=C(O)Cc1cc(O)cc(O)c1. The Kier molecular flexibility index (Phi) is 9.93. The number of carbonyl (C=O) groups is 3. The minimum absolute atomic E-state index is 0.133. The summed E-state index contributed by atoms with van der Waals surface area (Å²) in [6.45, 7) is 3.15. The van der Waals surface area contributed by atoms with Gasteiger partial charge in [-0.15, -0.1) is 0 Å². The van der Waals surface area contributed by atoms with Gasteiger partial charge < -0.3 is 46.0 Å². The number of carboxylic acids is 3. The van der Waals surface area contributed by atoms with Gasteiger partial charge in [0.1, 0.15) is 45.6 Å². The molecule has 0 fully saturated rings. The number of phenolic OH excluding ortho intramolecular Hbond substituents is 3. The lowest BCUT2D eigenvalue weighted by Crippen LogP contribution is -1.99. The molecule has 3 aromatic carbocycles. The smallest absolute Gasteiger partial charge is 0.343 e. The number of hydrogen-bond acceptors (Lipinski definition) is 9. The third-order valence-corrected chi connectivity index (χ3v) is 4.29. The summed E-state index contributed by atoms with van der Waals surface area (Å²) in [4.78, 5) is 31.2. The topological polar surface area (TPSA) is 233 Å². The number of aromatic carboxylic acids is 2. The molecule has 9 N–H and O–H groups in total. The highest BCUT2D eigenvalue weighted by atomic mass is 16.4. The van der Waals surface area contributed by atoms with E-state index in [-0.39, 0.29) is 29.2 Å². The second-order valence-electron chi connectivity index (χ2n) is 7.37. The van der Waals surface area contributed by atoms with E-state index >= 15 is 0 Å². The minimum Gasteiger partial charge on any atom is -0.508 e. The quantitative estimate of drug-likeness (QED) is 0.249. The van der Waals surface area contributed by atoms with Crippen LogP contribution in [0.15, 0.2) is 42.5 Å². The lowest BCUT2D eigenvalue weighted by molar-refractivity contribution is -0.136. The van der Waals surface area contributed by atoms with Crippen molar-refractivity contribution < 1.29 is 60.3 Å². The van der Waals surface area contributed by atoms with Gasteiger partial charge >= 0.3 is 17.9 Å². The molecule has 0 amide bonds. The molecule has 12 nitrogen and oxygen atoms in total. The lowest BCUT2D eigenvalue weighted by Gasteiger charge is -2.03. The van der Waals surface area contributed by atoms with Crippen molar-refractivity contribution >= 4 is 17.9 Å². The molecule has 0 aliphatic carbocycles. The largest absolute Gasteiger partial charge is 0.508 e. The molecule has 0 spiro atoms. The molecule has 0 saturated carbocycles. The molecule has 0 aliphatic heterocycles. The Morgan fingerprint density at radius 1 is 0.583 bits per heavy atom. The maximum atomic E-state index is 10.5. The zero-order valence-corrected chi connectivity index (χ0v) is 19.0. The second-order valence-corrected chi connectivity index (χ2v) is 7.37. The van der Waals surface area contributed by atoms with E-state index in [0.717, 1.165) is 12.1 Å². The first kappa shape index (κ1) is 28.9. The number of benzene rings is 3. The zero-order valence-electron chi connectivity index (χ0n) is 19.0. The van der Waals surface area contributed by atoms with Gasteiger partial charge in [0.2, 0.25) is 0 Å². The Hall–Kier alpha value is -5.13. The van der Waals surface area contributed by atoms with E-state index in [9.17, 15) is 14.4 Å². The van der Waals surface area contributed by atoms with Crippen LogP contribution in [0, 0.1) is 13.8 Å². The lowest BCUT2D eigenvalue weighted by atomic mass is 10.1. The molecule has 0 atom stereocenters. The van der Waals surface area contributed by atoms with Crippen LogP contribution in [-0.4, -0.2) is 63.9 Å². The fraction of sp³-hybridized carbons (Fsp3) is 0.125. The summed E-state index contributed by atoms with van der Waals surface area (Å²) < 4.78 is 0. The van der Waals surface area contributed by atoms with Crippen LogP contribution in [-0.2, 0) is 11.2 Å². The summed E-state index contributed by atoms with van der Waals surface area (Å²) in [5.41, 5.74) is 0.684. The first-order valence-electron chi connectivity index (χ1n) is 9.87. The predicted molar refractivity (Wildman–Crippen MR) is 124 cm³/mol. The van der Waals surface area contributed by atoms with Crippen LogP contribution >= 0.6 is 0 Å². The highest BCUT2D eigenvalue weighted by Gasteiger charge is 2.15. The van der Waals surface area contributed by atoms with E-state index in [2.05, 4.69) is 0 Å². The van der Waals surface area contributed by atoms with Crippen LogP contribution in [0.1, 0.15) is 37.4 Å². The molecular formula is C24H24O12. The van der Waals surface area contributed by atoms with Gasteiger partial charge in [0.15, 0.2) is 0 Å². The van der Waals surface area contributed by atoms with Gasteiger partial charge in [-0.05, 0) is 60.9 Å². The van der Waals surface area contributed by atoms with Crippen LogP contribution in [0.3, 0.4) is 0 Å². The van der Waals surface area contributed by atoms with E-state index in [4.69, 9.17) is 46.0 Å². The van der Waals surface area contributed by atoms with E-state index in [1.807, 2.05) is 0 Å². The first-order valence-corrected chi connectivity index (χ1v) is 9.87. The summed E-state index contributed by atoms with van der Waals surface area (Å²) in [7, 11) is 0. The predicted octanol–water partition coefficient (Wildman–Crippen LogP) is 2.93. The van der Waals surface area contributed by atoms with E-state index in [0.29, 0.717) is 16.7 Å². The molecule has 3 aromatic rings. The number of aliphatic carboxylic acids is 1. The standard InChI is InChI=1S/3C8H8O4/c9-6-1-5(3-8(11)12)2-7(10)4-6;1-4-2-5(9)3-6(10)7(4)8(11)12;1-4-2-5(9)7(8(11)12)6(10)3-4/h1-2,4,9-10H,3H2,(H,11,12);2*2-3,9-10H,1H3,(H,11,12). The molecule has 0 heterocycles. The van der Waals surface area contributed by atoms with Gasteiger partial charge in [-0.1, -0.05) is 0 Å². The average molecular weight is 504 g/mol. The zero-order chi connectivity index (χ0) is 27.7. The molecule has 0 aromatic heterocycles. The van der Waals surface area contributed by atoms with Crippen molar-refractivity contribution in [3.63, 3.8) is 0 Å². The number of aromatic hydroxyl groups is 6. The average Bonchev–Trinajstić information content (AvgIpc) is 2.65. The maximum Gasteiger partial charge on any atom is 0.343 e. The number of carboxylic acid groups (broad SMARTS) is 3. The molecule has 0 saturated heterocycles. The summed E-state index contributed by atoms with van der Waals surface area (Å²) >= 11 is 0. The normalized spacial score (nSPS) is 9.72. The van der Waals surface area contributed by atoms with Crippen LogP contribution in [0.4, 0.5) is 0 Å². The maximum absolute atomic E-state index is 10.5. The summed E-state index contributed by atoms with van der Waals surface area (Å²) in [6, 6.07) is 8.58. The Bertz CT molecular complexity index is 1150. The van der Waals surface area contributed by atoms with Crippen LogP contribution < -0.4 is 0 Å². The van der Waals surface area contributed by atoms with Gasteiger partial charge in [0.05, 0.1) is 6.42 Å². The molecule has 0 radical (unpaired) electrons. The van der Waals surface area contributed by atoms with Crippen molar-refractivity contribution in [2.45, 2.75) is 20.3 Å². The Morgan fingerprint density at radius 3 is 1.39 bits per heavy atom. The summed E-state index contributed by atoms with van der Waals surface area (Å²) in [5, 5.41) is 79.7. The summed E-state index contributed by atoms with van der Waals surface area (Å²) in [6.07, 6.45) is -0.206. The van der Waals surface area contributed by atoms with E-state index in [1.54, 1.807) is 6.92 Å². The fourth-order valence-corrected chi connectivity index (χ4v) is 2.93. The molecule has 0 bridgehead atoms. The summed E-state index contributed by atoms with van der Waals surface area (Å²) in [5.74, 6) is -5.21. The highest BCUT2D eigenvalue weighted by molar-refractivity contribution is 5.94. The van der Waals surface area contributed by atoms with E-state index in [1.165, 1.54) is 37.3 Å². The Labute approximate surface area is 203 Å². The van der Waals surface area contributed by atoms with Gasteiger partial charge in [0, 0.05) is 12.1 Å². The monoisotopic (exact) mass is 504 g/mol. The first-order chi connectivity index (χ1) is 16.6. The van der Waals surface area contributed by atoms with Gasteiger partial charge in [-0.3, -0.25) is 4.79 Å². The fourth-order valence-electron chi connectivity index (χ4n) is 2.93. The third-order valence-electron chi connectivity index (χ3n) is 4.29. The molecule has 0 unspecified atom stereocenters. The van der Waals surface area contributed by atoms with Gasteiger partial charge in [-0.2, -0.15) is 0 Å². The minimum atomic E-state index is -1.34. The molecule has 3 rings (SSSR count). The molecule has 0 aliphatic rings. The Morgan fingerprint density at radius 2 is 1.00 bits per heavy atom. The molecule has 12 heteroatoms. The second kappa shape index (κ2) is 12.4. The number of rotatable bonds is 4. The van der Waals surface area contributed by atoms with Crippen molar-refractivity contribution in [3.8, 4) is 34.5 Å². The van der Waals surface area contributed by atoms with Crippen molar-refractivity contribution in [3.05, 3.63) is 70.3 Å². The van der Waals surface area contributed by atoms with Gasteiger partial charge in [-0.25, -0.2) is 9.59 Å².